The maximum Gasteiger partial charge on any atom is 0.280 e. The summed E-state index contributed by atoms with van der Waals surface area (Å²) in [7, 11) is 1.69. The average Bonchev–Trinajstić information content (AvgIpc) is 3.04. The number of hydrogen-bond donors (Lipinski definition) is 0. The van der Waals surface area contributed by atoms with Gasteiger partial charge < -0.3 is 4.57 Å². The smallest absolute Gasteiger partial charge is 0.280 e. The maximum atomic E-state index is 11.5. The largest absolute Gasteiger partial charge is 0.333 e. The Hall–Kier alpha value is -0.550. The Labute approximate surface area is 125 Å². The van der Waals surface area contributed by atoms with Gasteiger partial charge in [-0.1, -0.05) is 13.3 Å². The van der Waals surface area contributed by atoms with Gasteiger partial charge in [-0.3, -0.25) is 0 Å². The highest BCUT2D eigenvalue weighted by Gasteiger charge is 2.39. The van der Waals surface area contributed by atoms with Gasteiger partial charge in [-0.15, -0.1) is 0 Å². The third kappa shape index (κ3) is 2.75. The first kappa shape index (κ1) is 14.4. The summed E-state index contributed by atoms with van der Waals surface area (Å²) in [4.78, 5) is 4.22. The predicted molar refractivity (Wildman–Crippen MR) is 78.2 cm³/mol. The van der Waals surface area contributed by atoms with Crippen LogP contribution in [0.4, 0.5) is 0 Å². The molecule has 3 atom stereocenters. The fourth-order valence-electron chi connectivity index (χ4n) is 3.98. The molecule has 2 saturated carbocycles. The summed E-state index contributed by atoms with van der Waals surface area (Å²) in [6.45, 7) is 2.97. The maximum absolute atomic E-state index is 11.5. The zero-order valence-corrected chi connectivity index (χ0v) is 13.3. The molecule has 2 aliphatic carbocycles. The molecule has 1 aromatic rings. The average molecular weight is 317 g/mol. The Bertz CT molecular complexity index is 596. The highest BCUT2D eigenvalue weighted by molar-refractivity contribution is 8.13. The molecule has 0 aliphatic heterocycles. The first-order valence-electron chi connectivity index (χ1n) is 7.48. The molecule has 1 heterocycles. The molecule has 3 unspecified atom stereocenters. The van der Waals surface area contributed by atoms with Crippen LogP contribution in [-0.2, 0) is 22.0 Å². The van der Waals surface area contributed by atoms with Gasteiger partial charge in [0.25, 0.3) is 9.05 Å². The summed E-state index contributed by atoms with van der Waals surface area (Å²) in [6.07, 6.45) is 8.75. The Kier molecular flexibility index (Phi) is 3.84. The Balaban J connectivity index is 1.82. The minimum Gasteiger partial charge on any atom is -0.333 e. The highest BCUT2D eigenvalue weighted by atomic mass is 35.7. The van der Waals surface area contributed by atoms with Crippen LogP contribution in [0.3, 0.4) is 0 Å². The van der Waals surface area contributed by atoms with Crippen LogP contribution in [0.2, 0.25) is 0 Å². The van der Waals surface area contributed by atoms with E-state index in [0.717, 1.165) is 37.0 Å². The van der Waals surface area contributed by atoms with Gasteiger partial charge in [0.05, 0.1) is 0 Å². The molecule has 2 fully saturated rings. The summed E-state index contributed by atoms with van der Waals surface area (Å²) in [6, 6.07) is 0. The van der Waals surface area contributed by atoms with Crippen molar-refractivity contribution < 1.29 is 8.42 Å². The standard InChI is InChI=1S/C14H21ClN2O2S/c1-2-3-13-16-14(20(15,18)19)9-17(13)8-12-7-10-4-5-11(12)6-10/h9-12H,2-8H2,1H3. The molecule has 6 heteroatoms. The number of nitrogens with zero attached hydrogens (tertiary/aromatic N) is 2. The lowest BCUT2D eigenvalue weighted by Gasteiger charge is -2.22. The lowest BCUT2D eigenvalue weighted by Crippen LogP contribution is -2.18. The van der Waals surface area contributed by atoms with Gasteiger partial charge in [0.2, 0.25) is 0 Å². The summed E-state index contributed by atoms with van der Waals surface area (Å²) in [5.41, 5.74) is 0. The van der Waals surface area contributed by atoms with E-state index in [-0.39, 0.29) is 5.03 Å². The van der Waals surface area contributed by atoms with Crippen molar-refractivity contribution in [3.05, 3.63) is 12.0 Å². The fraction of sp³-hybridized carbons (Fsp3) is 0.786. The van der Waals surface area contributed by atoms with Gasteiger partial charge in [0.15, 0.2) is 5.03 Å². The topological polar surface area (TPSA) is 52.0 Å². The molecule has 4 nitrogen and oxygen atoms in total. The SMILES string of the molecule is CCCc1nc(S(=O)(=O)Cl)cn1CC1CC2CCC1C2. The van der Waals surface area contributed by atoms with Gasteiger partial charge in [-0.25, -0.2) is 13.4 Å². The zero-order chi connectivity index (χ0) is 14.3. The molecular formula is C14H21ClN2O2S. The number of aromatic nitrogens is 2. The summed E-state index contributed by atoms with van der Waals surface area (Å²) >= 11 is 0. The second-order valence-electron chi connectivity index (χ2n) is 6.27. The second-order valence-corrected chi connectivity index (χ2v) is 8.78. The van der Waals surface area contributed by atoms with Crippen molar-refractivity contribution in [1.82, 2.24) is 9.55 Å². The molecule has 112 valence electrons. The molecule has 2 aliphatic rings. The van der Waals surface area contributed by atoms with Crippen LogP contribution in [0.15, 0.2) is 11.2 Å². The van der Waals surface area contributed by atoms with Crippen LogP contribution in [-0.4, -0.2) is 18.0 Å². The molecule has 0 spiro atoms. The van der Waals surface area contributed by atoms with Crippen molar-refractivity contribution >= 4 is 19.7 Å². The summed E-state index contributed by atoms with van der Waals surface area (Å²) in [5, 5.41) is 0.00535. The molecule has 0 aromatic carbocycles. The minimum atomic E-state index is -3.73. The Morgan fingerprint density at radius 1 is 1.40 bits per heavy atom. The van der Waals surface area contributed by atoms with Crippen LogP contribution in [0, 0.1) is 17.8 Å². The number of halogens is 1. The quantitative estimate of drug-likeness (QED) is 0.784. The van der Waals surface area contributed by atoms with E-state index >= 15 is 0 Å². The van der Waals surface area contributed by atoms with Gasteiger partial charge >= 0.3 is 0 Å². The molecule has 0 radical (unpaired) electrons. The molecule has 0 amide bonds. The third-order valence-corrected chi connectivity index (χ3v) is 6.05. The minimum absolute atomic E-state index is 0.00535. The third-order valence-electron chi connectivity index (χ3n) is 4.88. The van der Waals surface area contributed by atoms with Crippen molar-refractivity contribution in [2.24, 2.45) is 17.8 Å². The number of imidazole rings is 1. The zero-order valence-electron chi connectivity index (χ0n) is 11.8. The number of rotatable bonds is 5. The van der Waals surface area contributed by atoms with E-state index in [1.165, 1.54) is 25.7 Å². The van der Waals surface area contributed by atoms with Crippen molar-refractivity contribution in [2.45, 2.75) is 57.0 Å². The number of fused-ring (bicyclic) bond motifs is 2. The van der Waals surface area contributed by atoms with E-state index in [0.29, 0.717) is 5.92 Å². The van der Waals surface area contributed by atoms with Crippen molar-refractivity contribution in [2.75, 3.05) is 0 Å². The van der Waals surface area contributed by atoms with E-state index in [2.05, 4.69) is 11.9 Å². The van der Waals surface area contributed by atoms with Crippen LogP contribution in [0.25, 0.3) is 0 Å². The predicted octanol–water partition coefficient (Wildman–Crippen LogP) is 3.20. The van der Waals surface area contributed by atoms with E-state index in [9.17, 15) is 8.42 Å². The molecule has 1 aromatic heterocycles. The molecule has 2 bridgehead atoms. The van der Waals surface area contributed by atoms with E-state index in [1.54, 1.807) is 6.20 Å². The van der Waals surface area contributed by atoms with E-state index in [4.69, 9.17) is 10.7 Å². The van der Waals surface area contributed by atoms with Gasteiger partial charge in [-0.2, -0.15) is 0 Å². The molecule has 0 saturated heterocycles. The normalized spacial score (nSPS) is 29.2. The first-order chi connectivity index (χ1) is 9.47. The van der Waals surface area contributed by atoms with Gasteiger partial charge in [0.1, 0.15) is 5.82 Å². The number of hydrogen-bond acceptors (Lipinski definition) is 3. The molecular weight excluding hydrogens is 296 g/mol. The van der Waals surface area contributed by atoms with Crippen molar-refractivity contribution in [3.8, 4) is 0 Å². The van der Waals surface area contributed by atoms with Crippen LogP contribution in [0.5, 0.6) is 0 Å². The van der Waals surface area contributed by atoms with Crippen molar-refractivity contribution in [3.63, 3.8) is 0 Å². The van der Waals surface area contributed by atoms with Crippen molar-refractivity contribution in [1.29, 1.82) is 0 Å². The Morgan fingerprint density at radius 2 is 2.20 bits per heavy atom. The Morgan fingerprint density at radius 3 is 2.75 bits per heavy atom. The first-order valence-corrected chi connectivity index (χ1v) is 9.79. The summed E-state index contributed by atoms with van der Waals surface area (Å²) < 4.78 is 24.9. The van der Waals surface area contributed by atoms with Gasteiger partial charge in [0, 0.05) is 29.8 Å². The fourth-order valence-corrected chi connectivity index (χ4v) is 4.67. The van der Waals surface area contributed by atoms with Gasteiger partial charge in [-0.05, 0) is 43.4 Å². The van der Waals surface area contributed by atoms with E-state index in [1.807, 2.05) is 4.57 Å². The molecule has 3 rings (SSSR count). The lowest BCUT2D eigenvalue weighted by molar-refractivity contribution is 0.292. The number of aryl methyl sites for hydroxylation is 1. The van der Waals surface area contributed by atoms with Crippen LogP contribution >= 0.6 is 10.7 Å². The molecule has 20 heavy (non-hydrogen) atoms. The summed E-state index contributed by atoms with van der Waals surface area (Å²) in [5.74, 6) is 3.27. The second kappa shape index (κ2) is 5.34. The van der Waals surface area contributed by atoms with E-state index < -0.39 is 9.05 Å². The molecule has 0 N–H and O–H groups in total. The monoisotopic (exact) mass is 316 g/mol. The van der Waals surface area contributed by atoms with Crippen LogP contribution in [0.1, 0.15) is 44.9 Å². The lowest BCUT2D eigenvalue weighted by atomic mass is 9.89. The van der Waals surface area contributed by atoms with Crippen LogP contribution < -0.4 is 0 Å². The highest BCUT2D eigenvalue weighted by Crippen LogP contribution is 2.48.